The molecule has 1 fully saturated rings. The fourth-order valence-electron chi connectivity index (χ4n) is 5.28. The first-order valence-corrected chi connectivity index (χ1v) is 19.0. The monoisotopic (exact) mass is 657 g/mol. The minimum atomic E-state index is -0.903. The Hall–Kier alpha value is 0.900. The first-order valence-electron chi connectivity index (χ1n) is 19.0. The summed E-state index contributed by atoms with van der Waals surface area (Å²) in [7, 11) is 0. The number of rotatable bonds is 32. The van der Waals surface area contributed by atoms with Crippen LogP contribution in [0.5, 0.6) is 0 Å². The SMILES string of the molecule is C1CO1.CCCCCCCCCCCCCCCCCC(=O)[O-].CCCCCCCCCCCCCCCCCC(=O)[O-].[Na+].[Na+]. The summed E-state index contributed by atoms with van der Waals surface area (Å²) in [6.07, 6.45) is 39.7. The molecule has 0 atom stereocenters. The normalized spacial score (nSPS) is 11.2. The van der Waals surface area contributed by atoms with Crippen LogP contribution < -0.4 is 69.3 Å². The van der Waals surface area contributed by atoms with Gasteiger partial charge in [-0.3, -0.25) is 0 Å². The Labute approximate surface area is 325 Å². The molecule has 0 radical (unpaired) electrons. The molecule has 0 bridgehead atoms. The predicted molar refractivity (Wildman–Crippen MR) is 180 cm³/mol. The number of hydrogen-bond acceptors (Lipinski definition) is 5. The fourth-order valence-corrected chi connectivity index (χ4v) is 5.28. The molecule has 0 N–H and O–H groups in total. The maximum Gasteiger partial charge on any atom is 1.00 e. The largest absolute Gasteiger partial charge is 1.00 e. The Bertz CT molecular complexity index is 499. The quantitative estimate of drug-likeness (QED) is 0.0620. The van der Waals surface area contributed by atoms with Crippen LogP contribution in [0.3, 0.4) is 0 Å². The van der Waals surface area contributed by atoms with Gasteiger partial charge in [0.25, 0.3) is 0 Å². The molecular weight excluding hydrogens is 582 g/mol. The van der Waals surface area contributed by atoms with Crippen molar-refractivity contribution >= 4 is 11.9 Å². The van der Waals surface area contributed by atoms with Gasteiger partial charge in [0.15, 0.2) is 0 Å². The predicted octanol–water partition coefficient (Wildman–Crippen LogP) is 4.02. The molecule has 0 aromatic heterocycles. The Morgan fingerprint density at radius 2 is 0.533 bits per heavy atom. The second-order valence-corrected chi connectivity index (χ2v) is 12.8. The van der Waals surface area contributed by atoms with E-state index in [9.17, 15) is 19.8 Å². The number of unbranched alkanes of at least 4 members (excludes halogenated alkanes) is 28. The summed E-state index contributed by atoms with van der Waals surface area (Å²) >= 11 is 0. The van der Waals surface area contributed by atoms with E-state index in [2.05, 4.69) is 18.6 Å². The maximum absolute atomic E-state index is 10.2. The Balaban J connectivity index is -0.000000326. The Morgan fingerprint density at radius 1 is 0.378 bits per heavy atom. The van der Waals surface area contributed by atoms with E-state index < -0.39 is 11.9 Å². The van der Waals surface area contributed by atoms with Gasteiger partial charge in [0.2, 0.25) is 0 Å². The van der Waals surface area contributed by atoms with Gasteiger partial charge in [-0.05, 0) is 25.7 Å². The van der Waals surface area contributed by atoms with E-state index in [0.717, 1.165) is 38.9 Å². The number of aliphatic carboxylic acids is 2. The molecule has 0 spiro atoms. The molecule has 5 nitrogen and oxygen atoms in total. The number of carbonyl (C=O) groups is 2. The van der Waals surface area contributed by atoms with E-state index in [0.29, 0.717) is 0 Å². The second kappa shape index (κ2) is 49.3. The summed E-state index contributed by atoms with van der Waals surface area (Å²) in [4.78, 5) is 20.4. The van der Waals surface area contributed by atoms with E-state index in [4.69, 9.17) is 0 Å². The number of ether oxygens (including phenoxy) is 1. The van der Waals surface area contributed by atoms with E-state index in [1.165, 1.54) is 167 Å². The first-order chi connectivity index (χ1) is 21.0. The van der Waals surface area contributed by atoms with Crippen molar-refractivity contribution < 1.29 is 83.7 Å². The number of carbonyl (C=O) groups excluding carboxylic acids is 2. The van der Waals surface area contributed by atoms with Crippen LogP contribution in [0.2, 0.25) is 0 Å². The molecule has 1 heterocycles. The van der Waals surface area contributed by atoms with Crippen LogP contribution in [0, 0.1) is 0 Å². The van der Waals surface area contributed by atoms with Crippen molar-refractivity contribution in [3.05, 3.63) is 0 Å². The number of epoxide rings is 1. The van der Waals surface area contributed by atoms with Crippen molar-refractivity contribution in [3.63, 3.8) is 0 Å². The summed E-state index contributed by atoms with van der Waals surface area (Å²) in [5.74, 6) is -1.81. The zero-order chi connectivity index (χ0) is 31.9. The average molecular weight is 657 g/mol. The molecule has 1 aliphatic rings. The van der Waals surface area contributed by atoms with Gasteiger partial charge in [0.1, 0.15) is 0 Å². The summed E-state index contributed by atoms with van der Waals surface area (Å²) in [6, 6.07) is 0. The number of carboxylic acids is 2. The molecule has 1 rings (SSSR count). The van der Waals surface area contributed by atoms with E-state index in [-0.39, 0.29) is 72.0 Å². The number of hydrogen-bond donors (Lipinski definition) is 0. The topological polar surface area (TPSA) is 92.8 Å². The summed E-state index contributed by atoms with van der Waals surface area (Å²) < 4.78 is 4.50. The van der Waals surface area contributed by atoms with Crippen molar-refractivity contribution in [1.82, 2.24) is 0 Å². The molecule has 1 aliphatic heterocycles. The summed E-state index contributed by atoms with van der Waals surface area (Å²) in [5.41, 5.74) is 0. The van der Waals surface area contributed by atoms with Gasteiger partial charge in [0.05, 0.1) is 13.2 Å². The molecular formula is C38H74Na2O5. The third-order valence-corrected chi connectivity index (χ3v) is 8.17. The molecule has 0 aromatic carbocycles. The zero-order valence-electron chi connectivity index (χ0n) is 31.1. The molecule has 0 aromatic rings. The number of carboxylic acid groups (broad SMARTS) is 2. The van der Waals surface area contributed by atoms with Crippen LogP contribution in [0.4, 0.5) is 0 Å². The smallest absolute Gasteiger partial charge is 0.550 e. The van der Waals surface area contributed by atoms with Gasteiger partial charge in [-0.25, -0.2) is 0 Å². The Kier molecular flexibility index (Phi) is 57.7. The van der Waals surface area contributed by atoms with Crippen molar-refractivity contribution in [2.75, 3.05) is 13.2 Å². The van der Waals surface area contributed by atoms with E-state index in [1.54, 1.807) is 0 Å². The van der Waals surface area contributed by atoms with Crippen LogP contribution in [-0.4, -0.2) is 25.2 Å². The van der Waals surface area contributed by atoms with Gasteiger partial charge < -0.3 is 24.5 Å². The first kappa shape index (κ1) is 52.7. The van der Waals surface area contributed by atoms with Crippen molar-refractivity contribution in [3.8, 4) is 0 Å². The molecule has 1 saturated heterocycles. The van der Waals surface area contributed by atoms with Crippen LogP contribution in [0.15, 0.2) is 0 Å². The molecule has 0 aliphatic carbocycles. The minimum absolute atomic E-state index is 0. The van der Waals surface area contributed by atoms with Gasteiger partial charge in [-0.1, -0.05) is 194 Å². The third kappa shape index (κ3) is 64.1. The second-order valence-electron chi connectivity index (χ2n) is 12.8. The van der Waals surface area contributed by atoms with Gasteiger partial charge in [-0.2, -0.15) is 0 Å². The van der Waals surface area contributed by atoms with Crippen molar-refractivity contribution in [1.29, 1.82) is 0 Å². The Morgan fingerprint density at radius 3 is 0.667 bits per heavy atom. The third-order valence-electron chi connectivity index (χ3n) is 8.17. The van der Waals surface area contributed by atoms with E-state index >= 15 is 0 Å². The standard InChI is InChI=1S/2C18H36O2.C2H4O.2Na/c2*1-2-3-4-5-6-7-8-9-10-11-12-13-14-15-16-17-18(19)20;1-2-3-1;;/h2*2-17H2,1H3,(H,19,20);1-2H2;;/q;;;2*+1/p-2. The molecule has 0 unspecified atom stereocenters. The van der Waals surface area contributed by atoms with Crippen LogP contribution >= 0.6 is 0 Å². The average Bonchev–Trinajstić information content (AvgIpc) is 3.87. The van der Waals surface area contributed by atoms with Crippen molar-refractivity contribution in [2.45, 2.75) is 219 Å². The summed E-state index contributed by atoms with van der Waals surface area (Å²) in [6.45, 7) is 6.53. The molecule has 0 saturated carbocycles. The molecule has 45 heavy (non-hydrogen) atoms. The van der Waals surface area contributed by atoms with Crippen LogP contribution in [0.1, 0.15) is 219 Å². The minimum Gasteiger partial charge on any atom is -0.550 e. The van der Waals surface area contributed by atoms with Gasteiger partial charge in [-0.15, -0.1) is 0 Å². The van der Waals surface area contributed by atoms with Gasteiger partial charge >= 0.3 is 59.1 Å². The van der Waals surface area contributed by atoms with E-state index in [1.807, 2.05) is 0 Å². The molecule has 258 valence electrons. The zero-order valence-corrected chi connectivity index (χ0v) is 35.1. The molecule has 7 heteroatoms. The van der Waals surface area contributed by atoms with Crippen LogP contribution in [0.25, 0.3) is 0 Å². The van der Waals surface area contributed by atoms with Crippen LogP contribution in [-0.2, 0) is 14.3 Å². The van der Waals surface area contributed by atoms with Gasteiger partial charge in [0, 0.05) is 11.9 Å². The van der Waals surface area contributed by atoms with Crippen molar-refractivity contribution in [2.24, 2.45) is 0 Å². The summed E-state index contributed by atoms with van der Waals surface area (Å²) in [5, 5.41) is 20.4. The fraction of sp³-hybridized carbons (Fsp3) is 0.947. The maximum atomic E-state index is 10.2. The molecule has 0 amide bonds.